The standard InChI is InChI=1S/C20H16Cl2FN3O2/c21-15-4-1-12(2-5-15)7-8-26-11-14(10-18(26)27)20-24-19(25-28-20)13-3-6-16(22)17(23)9-13/h1-6,9,14H,7-8,10-11H2. The lowest BCUT2D eigenvalue weighted by Crippen LogP contribution is -2.27. The average molecular weight is 420 g/mol. The predicted molar refractivity (Wildman–Crippen MR) is 104 cm³/mol. The Kier molecular flexibility index (Phi) is 5.33. The van der Waals surface area contributed by atoms with Gasteiger partial charge in [0.15, 0.2) is 0 Å². The molecule has 0 N–H and O–H groups in total. The van der Waals surface area contributed by atoms with E-state index in [1.807, 2.05) is 24.3 Å². The molecule has 0 saturated carbocycles. The van der Waals surface area contributed by atoms with E-state index in [2.05, 4.69) is 10.1 Å². The van der Waals surface area contributed by atoms with Gasteiger partial charge in [0, 0.05) is 30.1 Å². The Bertz CT molecular complexity index is 1010. The van der Waals surface area contributed by atoms with Crippen LogP contribution in [-0.2, 0) is 11.2 Å². The van der Waals surface area contributed by atoms with E-state index >= 15 is 0 Å². The molecular formula is C20H16Cl2FN3O2. The van der Waals surface area contributed by atoms with Crippen molar-refractivity contribution in [2.24, 2.45) is 0 Å². The minimum Gasteiger partial charge on any atom is -0.342 e. The maximum Gasteiger partial charge on any atom is 0.232 e. The van der Waals surface area contributed by atoms with Gasteiger partial charge in [-0.15, -0.1) is 0 Å². The minimum atomic E-state index is -0.546. The van der Waals surface area contributed by atoms with Gasteiger partial charge in [-0.05, 0) is 42.3 Å². The van der Waals surface area contributed by atoms with E-state index in [1.54, 1.807) is 11.0 Å². The van der Waals surface area contributed by atoms with E-state index in [-0.39, 0.29) is 22.7 Å². The third-order valence-corrected chi connectivity index (χ3v) is 5.33. The summed E-state index contributed by atoms with van der Waals surface area (Å²) in [5, 5.41) is 4.64. The topological polar surface area (TPSA) is 59.2 Å². The maximum atomic E-state index is 13.6. The van der Waals surface area contributed by atoms with Crippen molar-refractivity contribution in [3.8, 4) is 11.4 Å². The minimum absolute atomic E-state index is 0.0326. The van der Waals surface area contributed by atoms with Crippen LogP contribution in [0.4, 0.5) is 4.39 Å². The Morgan fingerprint density at radius 2 is 1.96 bits per heavy atom. The van der Waals surface area contributed by atoms with Gasteiger partial charge in [-0.25, -0.2) is 4.39 Å². The van der Waals surface area contributed by atoms with Crippen LogP contribution in [0, 0.1) is 5.82 Å². The smallest absolute Gasteiger partial charge is 0.232 e. The van der Waals surface area contributed by atoms with E-state index in [9.17, 15) is 9.18 Å². The summed E-state index contributed by atoms with van der Waals surface area (Å²) < 4.78 is 19.0. The summed E-state index contributed by atoms with van der Waals surface area (Å²) in [4.78, 5) is 18.5. The number of benzene rings is 2. The van der Waals surface area contributed by atoms with Gasteiger partial charge in [0.1, 0.15) is 5.82 Å². The third kappa shape index (κ3) is 4.03. The van der Waals surface area contributed by atoms with Crippen LogP contribution in [0.2, 0.25) is 10.0 Å². The molecule has 0 bridgehead atoms. The fourth-order valence-corrected chi connectivity index (χ4v) is 3.47. The van der Waals surface area contributed by atoms with Crippen molar-refractivity contribution in [3.05, 3.63) is 69.8 Å². The molecule has 1 aliphatic heterocycles. The largest absolute Gasteiger partial charge is 0.342 e. The number of halogens is 3. The van der Waals surface area contributed by atoms with Crippen LogP contribution < -0.4 is 0 Å². The second-order valence-electron chi connectivity index (χ2n) is 6.70. The van der Waals surface area contributed by atoms with Gasteiger partial charge in [0.05, 0.1) is 10.9 Å². The summed E-state index contributed by atoms with van der Waals surface area (Å²) in [7, 11) is 0. The van der Waals surface area contributed by atoms with Gasteiger partial charge in [-0.1, -0.05) is 40.5 Å². The molecule has 1 amide bonds. The number of amides is 1. The molecule has 1 saturated heterocycles. The highest BCUT2D eigenvalue weighted by Crippen LogP contribution is 2.29. The molecule has 1 unspecified atom stereocenters. The van der Waals surface area contributed by atoms with Crippen LogP contribution >= 0.6 is 23.2 Å². The highest BCUT2D eigenvalue weighted by molar-refractivity contribution is 6.31. The van der Waals surface area contributed by atoms with E-state index < -0.39 is 5.82 Å². The summed E-state index contributed by atoms with van der Waals surface area (Å²) in [5.41, 5.74) is 1.59. The number of rotatable bonds is 5. The summed E-state index contributed by atoms with van der Waals surface area (Å²) in [5.74, 6) is -0.00682. The molecule has 3 aromatic rings. The number of carbonyl (C=O) groups is 1. The number of aromatic nitrogens is 2. The first-order valence-electron chi connectivity index (χ1n) is 8.81. The first-order chi connectivity index (χ1) is 13.5. The highest BCUT2D eigenvalue weighted by atomic mass is 35.5. The zero-order chi connectivity index (χ0) is 19.7. The fourth-order valence-electron chi connectivity index (χ4n) is 3.22. The highest BCUT2D eigenvalue weighted by Gasteiger charge is 2.34. The van der Waals surface area contributed by atoms with Crippen molar-refractivity contribution < 1.29 is 13.7 Å². The Labute approximate surface area is 171 Å². The molecular weight excluding hydrogens is 404 g/mol. The van der Waals surface area contributed by atoms with Gasteiger partial charge < -0.3 is 9.42 Å². The lowest BCUT2D eigenvalue weighted by atomic mass is 10.1. The van der Waals surface area contributed by atoms with Gasteiger partial charge in [-0.2, -0.15) is 4.98 Å². The number of hydrogen-bond donors (Lipinski definition) is 0. The van der Waals surface area contributed by atoms with Crippen LogP contribution in [0.15, 0.2) is 47.0 Å². The van der Waals surface area contributed by atoms with Crippen molar-refractivity contribution in [1.29, 1.82) is 0 Å². The number of hydrogen-bond acceptors (Lipinski definition) is 4. The predicted octanol–water partition coefficient (Wildman–Crippen LogP) is 4.74. The maximum absolute atomic E-state index is 13.6. The molecule has 144 valence electrons. The zero-order valence-electron chi connectivity index (χ0n) is 14.7. The second kappa shape index (κ2) is 7.89. The van der Waals surface area contributed by atoms with Gasteiger partial charge in [0.2, 0.25) is 17.6 Å². The van der Waals surface area contributed by atoms with Crippen LogP contribution in [-0.4, -0.2) is 34.0 Å². The van der Waals surface area contributed by atoms with Crippen LogP contribution in [0.25, 0.3) is 11.4 Å². The van der Waals surface area contributed by atoms with E-state index in [1.165, 1.54) is 12.1 Å². The normalized spacial score (nSPS) is 16.8. The molecule has 0 radical (unpaired) electrons. The SMILES string of the molecule is O=C1CC(c2nc(-c3ccc(Cl)c(F)c3)no2)CN1CCc1ccc(Cl)cc1. The molecule has 28 heavy (non-hydrogen) atoms. The fraction of sp³-hybridized carbons (Fsp3) is 0.250. The Morgan fingerprint density at radius 1 is 1.18 bits per heavy atom. The van der Waals surface area contributed by atoms with Crippen molar-refractivity contribution in [2.45, 2.75) is 18.8 Å². The number of likely N-dealkylation sites (tertiary alicyclic amines) is 1. The summed E-state index contributed by atoms with van der Waals surface area (Å²) in [6, 6.07) is 11.9. The van der Waals surface area contributed by atoms with E-state index in [4.69, 9.17) is 27.7 Å². The van der Waals surface area contributed by atoms with Gasteiger partial charge in [-0.3, -0.25) is 4.79 Å². The Hall–Kier alpha value is -2.44. The molecule has 2 heterocycles. The first-order valence-corrected chi connectivity index (χ1v) is 9.56. The zero-order valence-corrected chi connectivity index (χ0v) is 16.3. The van der Waals surface area contributed by atoms with Crippen molar-refractivity contribution >= 4 is 29.1 Å². The quantitative estimate of drug-likeness (QED) is 0.598. The average Bonchev–Trinajstić information content (AvgIpc) is 3.31. The molecule has 1 fully saturated rings. The third-order valence-electron chi connectivity index (χ3n) is 4.77. The molecule has 1 atom stereocenters. The Morgan fingerprint density at radius 3 is 2.71 bits per heavy atom. The van der Waals surface area contributed by atoms with Gasteiger partial charge >= 0.3 is 0 Å². The van der Waals surface area contributed by atoms with E-state index in [0.717, 1.165) is 12.0 Å². The molecule has 4 rings (SSSR count). The lowest BCUT2D eigenvalue weighted by molar-refractivity contribution is -0.127. The summed E-state index contributed by atoms with van der Waals surface area (Å²) >= 11 is 11.6. The molecule has 0 spiro atoms. The summed E-state index contributed by atoms with van der Waals surface area (Å²) in [6.07, 6.45) is 1.06. The van der Waals surface area contributed by atoms with Crippen molar-refractivity contribution in [1.82, 2.24) is 15.0 Å². The van der Waals surface area contributed by atoms with Crippen LogP contribution in [0.3, 0.4) is 0 Å². The molecule has 8 heteroatoms. The molecule has 0 aliphatic carbocycles. The van der Waals surface area contributed by atoms with Crippen LogP contribution in [0.5, 0.6) is 0 Å². The second-order valence-corrected chi connectivity index (χ2v) is 7.55. The van der Waals surface area contributed by atoms with Crippen molar-refractivity contribution in [3.63, 3.8) is 0 Å². The monoisotopic (exact) mass is 419 g/mol. The number of carbonyl (C=O) groups excluding carboxylic acids is 1. The van der Waals surface area contributed by atoms with E-state index in [0.29, 0.717) is 36.0 Å². The molecule has 2 aromatic carbocycles. The number of nitrogens with zero attached hydrogens (tertiary/aromatic N) is 3. The lowest BCUT2D eigenvalue weighted by Gasteiger charge is -2.15. The van der Waals surface area contributed by atoms with Crippen molar-refractivity contribution in [2.75, 3.05) is 13.1 Å². The molecule has 1 aliphatic rings. The Balaban J connectivity index is 1.41. The molecule has 5 nitrogen and oxygen atoms in total. The summed E-state index contributed by atoms with van der Waals surface area (Å²) in [6.45, 7) is 1.13. The van der Waals surface area contributed by atoms with Crippen LogP contribution in [0.1, 0.15) is 23.8 Å². The van der Waals surface area contributed by atoms with Gasteiger partial charge in [0.25, 0.3) is 0 Å². The molecule has 1 aromatic heterocycles. The first kappa shape index (κ1) is 18.9.